The molecule has 1 aliphatic rings. The van der Waals surface area contributed by atoms with E-state index in [9.17, 15) is 9.59 Å². The summed E-state index contributed by atoms with van der Waals surface area (Å²) >= 11 is 1.65. The molecule has 0 fully saturated rings. The molecule has 0 N–H and O–H groups in total. The molecule has 0 bridgehead atoms. The first-order valence-electron chi connectivity index (χ1n) is 11.0. The van der Waals surface area contributed by atoms with Crippen molar-refractivity contribution in [1.29, 1.82) is 0 Å². The van der Waals surface area contributed by atoms with Gasteiger partial charge in [0.25, 0.3) is 5.56 Å². The molecule has 2 heterocycles. The second kappa shape index (κ2) is 7.97. The van der Waals surface area contributed by atoms with Gasteiger partial charge in [0, 0.05) is 4.88 Å². The van der Waals surface area contributed by atoms with Gasteiger partial charge >= 0.3 is 5.69 Å². The first kappa shape index (κ1) is 20.0. The van der Waals surface area contributed by atoms with Crippen molar-refractivity contribution >= 4 is 21.6 Å². The SMILES string of the molecule is Cc1ccccc1Cn1c(=O)n(C(C)c2ccccc2)c(=O)c2c3c(sc21)CCCC3. The van der Waals surface area contributed by atoms with Gasteiger partial charge in [0.05, 0.1) is 18.0 Å². The van der Waals surface area contributed by atoms with Gasteiger partial charge in [-0.1, -0.05) is 54.6 Å². The minimum atomic E-state index is -0.326. The van der Waals surface area contributed by atoms with Crippen LogP contribution >= 0.6 is 11.3 Å². The standard InChI is InChI=1S/C26H26N2O2S/c1-17-10-6-7-13-20(17)16-27-25-23(21-14-8-9-15-22(21)31-25)24(29)28(26(27)30)18(2)19-11-4-3-5-12-19/h3-7,10-13,18H,8-9,14-16H2,1-2H3. The lowest BCUT2D eigenvalue weighted by Gasteiger charge is -2.19. The van der Waals surface area contributed by atoms with Gasteiger partial charge in [-0.3, -0.25) is 13.9 Å². The van der Waals surface area contributed by atoms with Crippen LogP contribution in [0.5, 0.6) is 0 Å². The van der Waals surface area contributed by atoms with E-state index in [1.54, 1.807) is 11.3 Å². The summed E-state index contributed by atoms with van der Waals surface area (Å²) in [6, 6.07) is 17.6. The Bertz CT molecular complexity index is 1380. The molecule has 1 aliphatic carbocycles. The minimum absolute atomic E-state index is 0.142. The average Bonchev–Trinajstić information content (AvgIpc) is 3.18. The van der Waals surface area contributed by atoms with E-state index < -0.39 is 0 Å². The van der Waals surface area contributed by atoms with Gasteiger partial charge in [-0.25, -0.2) is 4.79 Å². The van der Waals surface area contributed by atoms with E-state index in [4.69, 9.17) is 0 Å². The van der Waals surface area contributed by atoms with Crippen LogP contribution in [0.15, 0.2) is 64.2 Å². The van der Waals surface area contributed by atoms with E-state index >= 15 is 0 Å². The van der Waals surface area contributed by atoms with Crippen LogP contribution in [-0.2, 0) is 19.4 Å². The maximum absolute atomic E-state index is 13.8. The lowest BCUT2D eigenvalue weighted by Crippen LogP contribution is -2.42. The van der Waals surface area contributed by atoms with E-state index in [0.29, 0.717) is 6.54 Å². The molecular weight excluding hydrogens is 404 g/mol. The van der Waals surface area contributed by atoms with Crippen LogP contribution in [0.1, 0.15) is 52.9 Å². The smallest absolute Gasteiger partial charge is 0.280 e. The van der Waals surface area contributed by atoms with Gasteiger partial charge in [-0.05, 0) is 61.8 Å². The van der Waals surface area contributed by atoms with Gasteiger partial charge in [0.2, 0.25) is 0 Å². The largest absolute Gasteiger partial charge is 0.332 e. The third-order valence-corrected chi connectivity index (χ3v) is 7.84. The Labute approximate surface area is 185 Å². The van der Waals surface area contributed by atoms with Crippen LogP contribution < -0.4 is 11.2 Å². The Morgan fingerprint density at radius 3 is 2.45 bits per heavy atom. The molecule has 2 aromatic heterocycles. The summed E-state index contributed by atoms with van der Waals surface area (Å²) in [6.07, 6.45) is 4.17. The molecule has 2 aromatic carbocycles. The van der Waals surface area contributed by atoms with E-state index in [1.165, 1.54) is 15.0 Å². The molecule has 4 aromatic rings. The van der Waals surface area contributed by atoms with Gasteiger partial charge in [0.1, 0.15) is 4.83 Å². The van der Waals surface area contributed by atoms with Crippen molar-refractivity contribution in [2.75, 3.05) is 0 Å². The molecule has 0 saturated heterocycles. The molecule has 4 nitrogen and oxygen atoms in total. The number of benzene rings is 2. The van der Waals surface area contributed by atoms with Crippen molar-refractivity contribution in [2.45, 2.75) is 52.1 Å². The van der Waals surface area contributed by atoms with E-state index in [2.05, 4.69) is 19.1 Å². The third-order valence-electron chi connectivity index (χ3n) is 6.53. The Morgan fingerprint density at radius 1 is 0.968 bits per heavy atom. The molecule has 1 atom stereocenters. The van der Waals surface area contributed by atoms with Crippen LogP contribution in [0.2, 0.25) is 0 Å². The van der Waals surface area contributed by atoms with Crippen LogP contribution in [-0.4, -0.2) is 9.13 Å². The number of rotatable bonds is 4. The lowest BCUT2D eigenvalue weighted by molar-refractivity contribution is 0.551. The summed E-state index contributed by atoms with van der Waals surface area (Å²) in [7, 11) is 0. The Kier molecular flexibility index (Phi) is 5.14. The van der Waals surface area contributed by atoms with Gasteiger partial charge in [0.15, 0.2) is 0 Å². The fourth-order valence-electron chi connectivity index (χ4n) is 4.71. The summed E-state index contributed by atoms with van der Waals surface area (Å²) < 4.78 is 3.30. The second-order valence-corrected chi connectivity index (χ2v) is 9.53. The lowest BCUT2D eigenvalue weighted by atomic mass is 9.97. The number of hydrogen-bond donors (Lipinski definition) is 0. The molecule has 158 valence electrons. The number of aryl methyl sites for hydroxylation is 3. The first-order chi connectivity index (χ1) is 15.1. The van der Waals surface area contributed by atoms with Gasteiger partial charge in [-0.2, -0.15) is 0 Å². The zero-order chi connectivity index (χ0) is 21.5. The van der Waals surface area contributed by atoms with Crippen LogP contribution in [0.4, 0.5) is 0 Å². The van der Waals surface area contributed by atoms with Gasteiger partial charge in [-0.15, -0.1) is 11.3 Å². The average molecular weight is 431 g/mol. The van der Waals surface area contributed by atoms with Crippen LogP contribution in [0.3, 0.4) is 0 Å². The summed E-state index contributed by atoms with van der Waals surface area (Å²) in [5.74, 6) is 0. The number of thiophene rings is 1. The number of aromatic nitrogens is 2. The van der Waals surface area contributed by atoms with Crippen molar-refractivity contribution < 1.29 is 0 Å². The fourth-order valence-corrected chi connectivity index (χ4v) is 6.08. The Hall–Kier alpha value is -2.92. The second-order valence-electron chi connectivity index (χ2n) is 8.45. The third kappa shape index (κ3) is 3.37. The quantitative estimate of drug-likeness (QED) is 0.454. The topological polar surface area (TPSA) is 44.0 Å². The Balaban J connectivity index is 1.80. The van der Waals surface area contributed by atoms with Crippen LogP contribution in [0, 0.1) is 6.92 Å². The molecular formula is C26H26N2O2S. The summed E-state index contributed by atoms with van der Waals surface area (Å²) in [5.41, 5.74) is 4.02. The summed E-state index contributed by atoms with van der Waals surface area (Å²) in [4.78, 5) is 29.6. The molecule has 0 amide bonds. The molecule has 0 aliphatic heterocycles. The maximum atomic E-state index is 13.8. The Morgan fingerprint density at radius 2 is 1.68 bits per heavy atom. The molecule has 31 heavy (non-hydrogen) atoms. The summed E-state index contributed by atoms with van der Waals surface area (Å²) in [5, 5.41) is 0.760. The van der Waals surface area contributed by atoms with Crippen molar-refractivity contribution in [2.24, 2.45) is 0 Å². The normalized spacial score (nSPS) is 14.5. The molecule has 0 spiro atoms. The minimum Gasteiger partial charge on any atom is -0.280 e. The molecule has 0 radical (unpaired) electrons. The van der Waals surface area contributed by atoms with Crippen molar-refractivity contribution in [1.82, 2.24) is 9.13 Å². The van der Waals surface area contributed by atoms with Gasteiger partial charge < -0.3 is 0 Å². The maximum Gasteiger partial charge on any atom is 0.332 e. The predicted molar refractivity (Wildman–Crippen MR) is 128 cm³/mol. The molecule has 1 unspecified atom stereocenters. The first-order valence-corrected chi connectivity index (χ1v) is 11.8. The zero-order valence-electron chi connectivity index (χ0n) is 17.9. The fraction of sp³-hybridized carbons (Fsp3) is 0.308. The molecule has 0 saturated carbocycles. The van der Waals surface area contributed by atoms with Crippen molar-refractivity contribution in [3.8, 4) is 0 Å². The van der Waals surface area contributed by atoms with E-state index in [-0.39, 0.29) is 17.3 Å². The zero-order valence-corrected chi connectivity index (χ0v) is 18.7. The number of fused-ring (bicyclic) bond motifs is 3. The van der Waals surface area contributed by atoms with E-state index in [1.807, 2.05) is 54.0 Å². The molecule has 5 rings (SSSR count). The predicted octanol–water partition coefficient (Wildman–Crippen LogP) is 5.07. The number of nitrogens with zero attached hydrogens (tertiary/aromatic N) is 2. The monoisotopic (exact) mass is 430 g/mol. The van der Waals surface area contributed by atoms with Crippen LogP contribution in [0.25, 0.3) is 10.2 Å². The number of hydrogen-bond acceptors (Lipinski definition) is 3. The van der Waals surface area contributed by atoms with Crippen molar-refractivity contribution in [3.05, 3.63) is 103 Å². The highest BCUT2D eigenvalue weighted by Crippen LogP contribution is 2.34. The highest BCUT2D eigenvalue weighted by molar-refractivity contribution is 7.18. The van der Waals surface area contributed by atoms with E-state index in [0.717, 1.165) is 52.6 Å². The highest BCUT2D eigenvalue weighted by Gasteiger charge is 2.25. The summed E-state index contributed by atoms with van der Waals surface area (Å²) in [6.45, 7) is 4.49. The molecule has 5 heteroatoms. The highest BCUT2D eigenvalue weighted by atomic mass is 32.1. The van der Waals surface area contributed by atoms with Crippen molar-refractivity contribution in [3.63, 3.8) is 0 Å².